The van der Waals surface area contributed by atoms with Gasteiger partial charge in [-0.05, 0) is 77.9 Å². The van der Waals surface area contributed by atoms with Gasteiger partial charge < -0.3 is 14.4 Å². The minimum Gasteiger partial charge on any atom is -0.466 e. The van der Waals surface area contributed by atoms with E-state index in [4.69, 9.17) is 9.47 Å². The molecule has 1 unspecified atom stereocenters. The fraction of sp³-hybridized carbons (Fsp3) is 0.949. The first-order valence-electron chi connectivity index (χ1n) is 19.4. The Morgan fingerprint density at radius 1 is 0.500 bits per heavy atom. The average Bonchev–Trinajstić information content (AvgIpc) is 2.99. The molecule has 0 radical (unpaired) electrons. The molecule has 0 fully saturated rings. The minimum atomic E-state index is -0.0730. The summed E-state index contributed by atoms with van der Waals surface area (Å²) in [5, 5.41) is 0. The van der Waals surface area contributed by atoms with Crippen LogP contribution in [0.25, 0.3) is 0 Å². The highest BCUT2D eigenvalue weighted by molar-refractivity contribution is 5.69. The predicted octanol–water partition coefficient (Wildman–Crippen LogP) is 11.6. The van der Waals surface area contributed by atoms with Crippen LogP contribution in [0.15, 0.2) is 0 Å². The Morgan fingerprint density at radius 3 is 1.45 bits per heavy atom. The van der Waals surface area contributed by atoms with Gasteiger partial charge in [-0.25, -0.2) is 0 Å². The highest BCUT2D eigenvalue weighted by Crippen LogP contribution is 2.24. The van der Waals surface area contributed by atoms with Gasteiger partial charge in [-0.2, -0.15) is 0 Å². The Labute approximate surface area is 275 Å². The molecule has 0 heterocycles. The molecule has 0 aromatic carbocycles. The second-order valence-corrected chi connectivity index (χ2v) is 13.8. The van der Waals surface area contributed by atoms with Crippen LogP contribution in [0, 0.1) is 5.92 Å². The lowest BCUT2D eigenvalue weighted by atomic mass is 9.90. The molecule has 0 saturated heterocycles. The first-order valence-corrected chi connectivity index (χ1v) is 19.4. The number of nitrogens with zero attached hydrogens (tertiary/aromatic N) is 1. The van der Waals surface area contributed by atoms with E-state index < -0.39 is 0 Å². The van der Waals surface area contributed by atoms with Crippen molar-refractivity contribution in [1.29, 1.82) is 0 Å². The number of esters is 2. The molecule has 44 heavy (non-hydrogen) atoms. The monoisotopic (exact) mass is 624 g/mol. The smallest absolute Gasteiger partial charge is 0.306 e. The second kappa shape index (κ2) is 33.3. The van der Waals surface area contributed by atoms with E-state index in [-0.39, 0.29) is 18.0 Å². The molecule has 1 atom stereocenters. The molecule has 0 aromatic rings. The summed E-state index contributed by atoms with van der Waals surface area (Å²) in [6, 6.07) is 0. The highest BCUT2D eigenvalue weighted by atomic mass is 16.5. The molecule has 0 bridgehead atoms. The molecule has 0 N–H and O–H groups in total. The zero-order chi connectivity index (χ0) is 32.5. The Morgan fingerprint density at radius 2 is 0.932 bits per heavy atom. The summed E-state index contributed by atoms with van der Waals surface area (Å²) in [5.74, 6) is 0.650. The van der Waals surface area contributed by atoms with E-state index >= 15 is 0 Å². The molecule has 0 aromatic heterocycles. The molecule has 0 spiro atoms. The van der Waals surface area contributed by atoms with Crippen molar-refractivity contribution in [3.05, 3.63) is 0 Å². The standard InChI is InChI=1S/C39H77NO4/c1-6-9-12-15-18-20-27-36(28-21-19-16-13-10-7-2)29-26-35-43-38(41)32-24-23-31-37(30-22-17-14-11-8-3)44-39(42)33-25-34-40(4)5/h36-37H,6-35H2,1-5H3. The van der Waals surface area contributed by atoms with Crippen LogP contribution >= 0.6 is 0 Å². The van der Waals surface area contributed by atoms with E-state index in [1.807, 2.05) is 14.1 Å². The van der Waals surface area contributed by atoms with Crippen LogP contribution in [-0.2, 0) is 19.1 Å². The topological polar surface area (TPSA) is 55.8 Å². The van der Waals surface area contributed by atoms with Crippen molar-refractivity contribution in [1.82, 2.24) is 4.90 Å². The van der Waals surface area contributed by atoms with E-state index in [1.54, 1.807) is 0 Å². The summed E-state index contributed by atoms with van der Waals surface area (Å²) >= 11 is 0. The van der Waals surface area contributed by atoms with E-state index in [0.29, 0.717) is 19.4 Å². The summed E-state index contributed by atoms with van der Waals surface area (Å²) < 4.78 is 11.5. The average molecular weight is 624 g/mol. The quantitative estimate of drug-likeness (QED) is 0.0527. The normalized spacial score (nSPS) is 12.2. The third kappa shape index (κ3) is 30.9. The third-order valence-corrected chi connectivity index (χ3v) is 9.02. The van der Waals surface area contributed by atoms with Crippen molar-refractivity contribution < 1.29 is 19.1 Å². The maximum absolute atomic E-state index is 12.4. The van der Waals surface area contributed by atoms with Gasteiger partial charge in [-0.15, -0.1) is 0 Å². The van der Waals surface area contributed by atoms with Gasteiger partial charge in [-0.1, -0.05) is 136 Å². The van der Waals surface area contributed by atoms with Crippen LogP contribution in [0.1, 0.15) is 201 Å². The largest absolute Gasteiger partial charge is 0.466 e. The van der Waals surface area contributed by atoms with Gasteiger partial charge in [0.15, 0.2) is 0 Å². The van der Waals surface area contributed by atoms with E-state index in [9.17, 15) is 9.59 Å². The summed E-state index contributed by atoms with van der Waals surface area (Å²) in [4.78, 5) is 27.0. The Balaban J connectivity index is 4.33. The zero-order valence-electron chi connectivity index (χ0n) is 30.4. The SMILES string of the molecule is CCCCCCCCC(CCCCCCCC)CCCOC(=O)CCCCC(CCCCCCC)OC(=O)CCCN(C)C. The molecule has 0 aliphatic rings. The van der Waals surface area contributed by atoms with Crippen molar-refractivity contribution in [3.8, 4) is 0 Å². The van der Waals surface area contributed by atoms with Crippen molar-refractivity contribution >= 4 is 11.9 Å². The second-order valence-electron chi connectivity index (χ2n) is 13.8. The molecular formula is C39H77NO4. The first kappa shape index (κ1) is 42.9. The van der Waals surface area contributed by atoms with Crippen molar-refractivity contribution in [2.45, 2.75) is 207 Å². The number of unbranched alkanes of at least 4 members (excludes halogenated alkanes) is 15. The number of ether oxygens (including phenoxy) is 2. The summed E-state index contributed by atoms with van der Waals surface area (Å²) in [6.45, 7) is 8.26. The number of hydrogen-bond acceptors (Lipinski definition) is 5. The van der Waals surface area contributed by atoms with Gasteiger partial charge in [0, 0.05) is 12.8 Å². The maximum Gasteiger partial charge on any atom is 0.306 e. The fourth-order valence-electron chi connectivity index (χ4n) is 6.15. The Hall–Kier alpha value is -1.10. The summed E-state index contributed by atoms with van der Waals surface area (Å²) in [7, 11) is 4.06. The highest BCUT2D eigenvalue weighted by Gasteiger charge is 2.15. The van der Waals surface area contributed by atoms with Crippen LogP contribution in [-0.4, -0.2) is 50.2 Å². The molecule has 0 amide bonds. The predicted molar refractivity (Wildman–Crippen MR) is 189 cm³/mol. The van der Waals surface area contributed by atoms with Crippen molar-refractivity contribution in [2.24, 2.45) is 5.92 Å². The Kier molecular flexibility index (Phi) is 32.4. The molecule has 5 nitrogen and oxygen atoms in total. The van der Waals surface area contributed by atoms with Crippen LogP contribution in [0.2, 0.25) is 0 Å². The lowest BCUT2D eigenvalue weighted by Gasteiger charge is -2.18. The van der Waals surface area contributed by atoms with Gasteiger partial charge in [0.05, 0.1) is 6.61 Å². The van der Waals surface area contributed by atoms with E-state index in [2.05, 4.69) is 25.7 Å². The maximum atomic E-state index is 12.4. The minimum absolute atomic E-state index is 0.0188. The Bertz CT molecular complexity index is 607. The number of rotatable bonds is 34. The van der Waals surface area contributed by atoms with Gasteiger partial charge in [-0.3, -0.25) is 9.59 Å². The van der Waals surface area contributed by atoms with Gasteiger partial charge in [0.1, 0.15) is 6.10 Å². The van der Waals surface area contributed by atoms with Gasteiger partial charge in [0.25, 0.3) is 0 Å². The molecule has 262 valence electrons. The summed E-state index contributed by atoms with van der Waals surface area (Å²) in [5.41, 5.74) is 0. The summed E-state index contributed by atoms with van der Waals surface area (Å²) in [6.07, 6.45) is 32.6. The first-order chi connectivity index (χ1) is 21.4. The van der Waals surface area contributed by atoms with Crippen LogP contribution in [0.3, 0.4) is 0 Å². The molecule has 0 aliphatic carbocycles. The fourth-order valence-corrected chi connectivity index (χ4v) is 6.15. The molecule has 0 aliphatic heterocycles. The lowest BCUT2D eigenvalue weighted by Crippen LogP contribution is -2.20. The number of hydrogen-bond donors (Lipinski definition) is 0. The molecular weight excluding hydrogens is 546 g/mol. The molecule has 0 rings (SSSR count). The van der Waals surface area contributed by atoms with Crippen LogP contribution in [0.4, 0.5) is 0 Å². The molecule has 0 saturated carbocycles. The van der Waals surface area contributed by atoms with Crippen molar-refractivity contribution in [2.75, 3.05) is 27.2 Å². The third-order valence-electron chi connectivity index (χ3n) is 9.02. The zero-order valence-corrected chi connectivity index (χ0v) is 30.4. The molecule has 5 heteroatoms. The number of carbonyl (C=O) groups is 2. The lowest BCUT2D eigenvalue weighted by molar-refractivity contribution is -0.150. The number of carbonyl (C=O) groups excluding carboxylic acids is 2. The van der Waals surface area contributed by atoms with E-state index in [1.165, 1.54) is 122 Å². The van der Waals surface area contributed by atoms with Crippen LogP contribution in [0.5, 0.6) is 0 Å². The van der Waals surface area contributed by atoms with E-state index in [0.717, 1.165) is 57.4 Å². The van der Waals surface area contributed by atoms with Crippen LogP contribution < -0.4 is 0 Å². The van der Waals surface area contributed by atoms with Gasteiger partial charge in [0.2, 0.25) is 0 Å². The van der Waals surface area contributed by atoms with Crippen molar-refractivity contribution in [3.63, 3.8) is 0 Å². The van der Waals surface area contributed by atoms with Gasteiger partial charge >= 0.3 is 11.9 Å².